The van der Waals surface area contributed by atoms with Gasteiger partial charge in [-0.2, -0.15) is 0 Å². The molecule has 192 valence electrons. The van der Waals surface area contributed by atoms with Crippen LogP contribution in [0.4, 0.5) is 5.69 Å². The summed E-state index contributed by atoms with van der Waals surface area (Å²) >= 11 is 6.05. The van der Waals surface area contributed by atoms with E-state index < -0.39 is 41.7 Å². The van der Waals surface area contributed by atoms with Crippen LogP contribution in [0.15, 0.2) is 18.2 Å². The normalized spacial score (nSPS) is 23.1. The zero-order valence-electron chi connectivity index (χ0n) is 20.4. The van der Waals surface area contributed by atoms with E-state index in [1.165, 1.54) is 23.1 Å². The van der Waals surface area contributed by atoms with Crippen molar-refractivity contribution in [3.05, 3.63) is 28.8 Å². The highest BCUT2D eigenvalue weighted by molar-refractivity contribution is 6.33. The van der Waals surface area contributed by atoms with Crippen molar-refractivity contribution in [2.45, 2.75) is 71.4 Å². The first-order chi connectivity index (χ1) is 16.4. The molecule has 0 aromatic heterocycles. The van der Waals surface area contributed by atoms with Gasteiger partial charge in [0.1, 0.15) is 18.1 Å². The van der Waals surface area contributed by atoms with Crippen molar-refractivity contribution in [2.75, 3.05) is 18.9 Å². The molecular formula is C24H33ClN4O6. The van der Waals surface area contributed by atoms with Gasteiger partial charge in [0.05, 0.1) is 17.1 Å². The molecule has 0 unspecified atom stereocenters. The van der Waals surface area contributed by atoms with Gasteiger partial charge in [0, 0.05) is 18.7 Å². The molecule has 0 saturated carbocycles. The van der Waals surface area contributed by atoms with Gasteiger partial charge in [-0.25, -0.2) is 0 Å². The lowest BCUT2D eigenvalue weighted by molar-refractivity contribution is -0.164. The average molecular weight is 509 g/mol. The van der Waals surface area contributed by atoms with E-state index in [-0.39, 0.29) is 28.8 Å². The summed E-state index contributed by atoms with van der Waals surface area (Å²) in [7, 11) is 0. The number of nitrogen functional groups attached to an aromatic ring is 1. The Kier molecular flexibility index (Phi) is 8.27. The summed E-state index contributed by atoms with van der Waals surface area (Å²) in [5, 5.41) is 5.86. The minimum Gasteiger partial charge on any atom is -0.433 e. The van der Waals surface area contributed by atoms with E-state index in [4.69, 9.17) is 26.8 Å². The van der Waals surface area contributed by atoms with E-state index in [1.807, 2.05) is 20.8 Å². The highest BCUT2D eigenvalue weighted by Crippen LogP contribution is 2.27. The third-order valence-electron chi connectivity index (χ3n) is 6.11. The number of rotatable bonds is 7. The molecule has 0 aliphatic carbocycles. The zero-order valence-corrected chi connectivity index (χ0v) is 21.2. The van der Waals surface area contributed by atoms with Crippen molar-refractivity contribution in [3.63, 3.8) is 0 Å². The maximum atomic E-state index is 13.6. The van der Waals surface area contributed by atoms with Crippen LogP contribution in [0, 0.1) is 5.41 Å². The number of hydrogen-bond donors (Lipinski definition) is 3. The number of likely N-dealkylation sites (tertiary alicyclic amines) is 1. The standard InChI is InChI=1S/C24H33ClN4O6/c1-5-34-23-16(12-18(30)35-23)27-21(32)17-7-6-10-29(17)22(33)19(24(2,3)4)28-20(31)13-8-9-15(26)14(25)11-13/h8-9,11,16-17,19,23H,5-7,10,12,26H2,1-4H3,(H,27,32)(H,28,31)/t16-,17-,19-,23+/m0/s1. The first-order valence-corrected chi connectivity index (χ1v) is 12.1. The van der Waals surface area contributed by atoms with Crippen LogP contribution in [0.25, 0.3) is 0 Å². The van der Waals surface area contributed by atoms with E-state index in [0.29, 0.717) is 31.7 Å². The fourth-order valence-electron chi connectivity index (χ4n) is 4.25. The number of cyclic esters (lactones) is 1. The molecule has 4 atom stereocenters. The second kappa shape index (κ2) is 10.8. The van der Waals surface area contributed by atoms with E-state index in [0.717, 1.165) is 0 Å². The minimum atomic E-state index is -0.896. The van der Waals surface area contributed by atoms with Crippen molar-refractivity contribution in [1.82, 2.24) is 15.5 Å². The summed E-state index contributed by atoms with van der Waals surface area (Å²) in [6.45, 7) is 7.98. The fourth-order valence-corrected chi connectivity index (χ4v) is 4.43. The Morgan fingerprint density at radius 2 is 2.03 bits per heavy atom. The third-order valence-corrected chi connectivity index (χ3v) is 6.44. The molecule has 2 aliphatic rings. The largest absolute Gasteiger partial charge is 0.433 e. The number of anilines is 1. The highest BCUT2D eigenvalue weighted by Gasteiger charge is 2.44. The number of esters is 1. The molecule has 3 amide bonds. The molecule has 1 aromatic rings. The Morgan fingerprint density at radius 3 is 2.66 bits per heavy atom. The number of hydrogen-bond acceptors (Lipinski definition) is 7. The van der Waals surface area contributed by atoms with Crippen LogP contribution >= 0.6 is 11.6 Å². The van der Waals surface area contributed by atoms with E-state index in [9.17, 15) is 19.2 Å². The van der Waals surface area contributed by atoms with Crippen LogP contribution in [0.3, 0.4) is 0 Å². The fraction of sp³-hybridized carbons (Fsp3) is 0.583. The number of ether oxygens (including phenoxy) is 2. The first kappa shape index (κ1) is 26.7. The van der Waals surface area contributed by atoms with E-state index >= 15 is 0 Å². The van der Waals surface area contributed by atoms with Gasteiger partial charge in [-0.3, -0.25) is 19.2 Å². The molecule has 2 heterocycles. The Labute approximate surface area is 209 Å². The predicted octanol–water partition coefficient (Wildman–Crippen LogP) is 1.85. The maximum absolute atomic E-state index is 13.6. The summed E-state index contributed by atoms with van der Waals surface area (Å²) < 4.78 is 10.5. The molecule has 10 nitrogen and oxygen atoms in total. The summed E-state index contributed by atoms with van der Waals surface area (Å²) in [6, 6.07) is 2.26. The number of nitrogens with zero attached hydrogens (tertiary/aromatic N) is 1. The SMILES string of the molecule is CCO[C@@H]1OC(=O)C[C@@H]1NC(=O)[C@@H]1CCCN1C(=O)[C@H](NC(=O)c1ccc(N)c(Cl)c1)C(C)(C)C. The van der Waals surface area contributed by atoms with Gasteiger partial charge >= 0.3 is 5.97 Å². The number of nitrogens with two attached hydrogens (primary N) is 1. The van der Waals surface area contributed by atoms with Crippen LogP contribution < -0.4 is 16.4 Å². The van der Waals surface area contributed by atoms with Gasteiger partial charge in [0.25, 0.3) is 5.91 Å². The van der Waals surface area contributed by atoms with Crippen molar-refractivity contribution in [2.24, 2.45) is 5.41 Å². The Morgan fingerprint density at radius 1 is 1.31 bits per heavy atom. The minimum absolute atomic E-state index is 0.00188. The number of halogens is 1. The van der Waals surface area contributed by atoms with E-state index in [1.54, 1.807) is 6.92 Å². The quantitative estimate of drug-likeness (QED) is 0.377. The molecule has 1 aromatic carbocycles. The predicted molar refractivity (Wildman–Crippen MR) is 129 cm³/mol. The first-order valence-electron chi connectivity index (χ1n) is 11.7. The lowest BCUT2D eigenvalue weighted by atomic mass is 9.85. The Balaban J connectivity index is 1.74. The van der Waals surface area contributed by atoms with Crippen LogP contribution in [0.5, 0.6) is 0 Å². The van der Waals surface area contributed by atoms with Gasteiger partial charge in [-0.05, 0) is 43.4 Å². The second-order valence-corrected chi connectivity index (χ2v) is 10.2. The zero-order chi connectivity index (χ0) is 25.9. The smallest absolute Gasteiger partial charge is 0.310 e. The molecule has 2 aliphatic heterocycles. The third kappa shape index (κ3) is 6.24. The van der Waals surface area contributed by atoms with Crippen molar-refractivity contribution >= 4 is 41.0 Å². The van der Waals surface area contributed by atoms with Crippen LogP contribution in [-0.2, 0) is 23.9 Å². The monoisotopic (exact) mass is 508 g/mol. The lowest BCUT2D eigenvalue weighted by Crippen LogP contribution is -2.58. The molecule has 0 bridgehead atoms. The topological polar surface area (TPSA) is 140 Å². The van der Waals surface area contributed by atoms with Crippen LogP contribution in [-0.4, -0.2) is 66.2 Å². The molecular weight excluding hydrogens is 476 g/mol. The molecule has 35 heavy (non-hydrogen) atoms. The second-order valence-electron chi connectivity index (χ2n) is 9.83. The summed E-state index contributed by atoms with van der Waals surface area (Å²) in [6.07, 6.45) is 0.255. The Hall–Kier alpha value is -2.85. The lowest BCUT2D eigenvalue weighted by Gasteiger charge is -2.35. The van der Waals surface area contributed by atoms with Crippen molar-refractivity contribution < 1.29 is 28.7 Å². The summed E-state index contributed by atoms with van der Waals surface area (Å²) in [5.41, 5.74) is 5.71. The average Bonchev–Trinajstić information content (AvgIpc) is 3.39. The number of benzene rings is 1. The van der Waals surface area contributed by atoms with Crippen molar-refractivity contribution in [1.29, 1.82) is 0 Å². The number of carbonyl (C=O) groups excluding carboxylic acids is 4. The molecule has 0 spiro atoms. The van der Waals surface area contributed by atoms with E-state index in [2.05, 4.69) is 10.6 Å². The summed E-state index contributed by atoms with van der Waals surface area (Å²) in [5.74, 6) is -1.66. The molecule has 11 heteroatoms. The van der Waals surface area contributed by atoms with Gasteiger partial charge in [-0.1, -0.05) is 32.4 Å². The molecule has 2 saturated heterocycles. The number of amides is 3. The van der Waals surface area contributed by atoms with Crippen molar-refractivity contribution in [3.8, 4) is 0 Å². The van der Waals surface area contributed by atoms with Gasteiger partial charge in [0.2, 0.25) is 18.1 Å². The van der Waals surface area contributed by atoms with Gasteiger partial charge in [0.15, 0.2) is 0 Å². The van der Waals surface area contributed by atoms with Gasteiger partial charge < -0.3 is 30.7 Å². The molecule has 4 N–H and O–H groups in total. The molecule has 3 rings (SSSR count). The summed E-state index contributed by atoms with van der Waals surface area (Å²) in [4.78, 5) is 52.9. The molecule has 0 radical (unpaired) electrons. The van der Waals surface area contributed by atoms with Gasteiger partial charge in [-0.15, -0.1) is 0 Å². The maximum Gasteiger partial charge on any atom is 0.310 e. The number of nitrogens with one attached hydrogen (secondary N) is 2. The molecule has 2 fully saturated rings. The van der Waals surface area contributed by atoms with Crippen LogP contribution in [0.2, 0.25) is 5.02 Å². The number of carbonyl (C=O) groups is 4. The Bertz CT molecular complexity index is 995. The highest BCUT2D eigenvalue weighted by atomic mass is 35.5. The van der Waals surface area contributed by atoms with Crippen LogP contribution in [0.1, 0.15) is 57.3 Å².